The van der Waals surface area contributed by atoms with E-state index < -0.39 is 67.1 Å². The van der Waals surface area contributed by atoms with Crippen LogP contribution in [0.3, 0.4) is 0 Å². The van der Waals surface area contributed by atoms with E-state index in [0.29, 0.717) is 0 Å². The van der Waals surface area contributed by atoms with E-state index in [0.717, 1.165) is 9.80 Å². The van der Waals surface area contributed by atoms with E-state index in [1.165, 1.54) is 54.7 Å². The number of pyridine rings is 1. The SMILES string of the molecule is N#Cc1cccc(N(C(=O)C[C@@H]2C[C@@H](O)C(=O)N2c2cc(C#N)ccn2)C(C(=O)NC2CC(F)(F)C2)c2ccccc2Cl)c1. The third-order valence-corrected chi connectivity index (χ3v) is 7.92. The van der Waals surface area contributed by atoms with Crippen LogP contribution in [0.25, 0.3) is 0 Å². The first-order valence-electron chi connectivity index (χ1n) is 13.6. The minimum atomic E-state index is -2.91. The average molecular weight is 619 g/mol. The molecule has 1 aliphatic heterocycles. The molecule has 2 aromatic carbocycles. The summed E-state index contributed by atoms with van der Waals surface area (Å²) in [6.07, 6.45) is -1.79. The van der Waals surface area contributed by atoms with Crippen LogP contribution < -0.4 is 15.1 Å². The van der Waals surface area contributed by atoms with Crippen LogP contribution in [0.5, 0.6) is 0 Å². The number of nitriles is 2. The van der Waals surface area contributed by atoms with Crippen molar-refractivity contribution in [2.75, 3.05) is 9.80 Å². The number of carbonyl (C=O) groups is 3. The van der Waals surface area contributed by atoms with E-state index in [4.69, 9.17) is 11.6 Å². The summed E-state index contributed by atoms with van der Waals surface area (Å²) in [4.78, 5) is 47.6. The Balaban J connectivity index is 1.56. The van der Waals surface area contributed by atoms with Crippen LogP contribution in [0.1, 0.15) is 48.4 Å². The minimum absolute atomic E-state index is 0.0627. The molecule has 1 aliphatic carbocycles. The first kappa shape index (κ1) is 30.5. The molecule has 2 fully saturated rings. The Hall–Kier alpha value is -4.91. The highest BCUT2D eigenvalue weighted by atomic mass is 35.5. The van der Waals surface area contributed by atoms with Crippen LogP contribution in [0.15, 0.2) is 66.9 Å². The number of hydrogen-bond donors (Lipinski definition) is 2. The Kier molecular flexibility index (Phi) is 8.59. The van der Waals surface area contributed by atoms with Crippen LogP contribution in [-0.4, -0.2) is 51.9 Å². The zero-order valence-corrected chi connectivity index (χ0v) is 23.8. The van der Waals surface area contributed by atoms with Gasteiger partial charge in [0.1, 0.15) is 18.0 Å². The molecule has 44 heavy (non-hydrogen) atoms. The molecular weight excluding hydrogens is 594 g/mol. The van der Waals surface area contributed by atoms with Gasteiger partial charge >= 0.3 is 0 Å². The maximum absolute atomic E-state index is 14.3. The van der Waals surface area contributed by atoms with Gasteiger partial charge in [-0.2, -0.15) is 10.5 Å². The number of nitrogens with one attached hydrogen (secondary N) is 1. The van der Waals surface area contributed by atoms with Gasteiger partial charge in [0.15, 0.2) is 0 Å². The topological polar surface area (TPSA) is 150 Å². The molecule has 1 unspecified atom stereocenters. The van der Waals surface area contributed by atoms with Crippen molar-refractivity contribution in [1.82, 2.24) is 10.3 Å². The van der Waals surface area contributed by atoms with Crippen molar-refractivity contribution in [3.05, 3.63) is 88.6 Å². The predicted octanol–water partition coefficient (Wildman–Crippen LogP) is 4.02. The summed E-state index contributed by atoms with van der Waals surface area (Å²) in [5, 5.41) is 32.1. The second kappa shape index (κ2) is 12.4. The molecule has 3 aromatic rings. The Morgan fingerprint density at radius 3 is 2.50 bits per heavy atom. The van der Waals surface area contributed by atoms with Crippen LogP contribution in [0.2, 0.25) is 5.02 Å². The third kappa shape index (κ3) is 6.23. The van der Waals surface area contributed by atoms with Crippen LogP contribution in [-0.2, 0) is 14.4 Å². The molecule has 2 heterocycles. The van der Waals surface area contributed by atoms with Gasteiger partial charge in [-0.3, -0.25) is 24.2 Å². The molecule has 1 saturated carbocycles. The fraction of sp³-hybridized carbons (Fsp3) is 0.290. The largest absolute Gasteiger partial charge is 0.383 e. The highest BCUT2D eigenvalue weighted by molar-refractivity contribution is 6.31. The van der Waals surface area contributed by atoms with Crippen molar-refractivity contribution < 1.29 is 28.3 Å². The minimum Gasteiger partial charge on any atom is -0.383 e. The van der Waals surface area contributed by atoms with Gasteiger partial charge in [0, 0.05) is 54.2 Å². The maximum atomic E-state index is 14.3. The normalized spacial score (nSPS) is 19.8. The molecule has 3 amide bonds. The number of aliphatic hydroxyl groups is 1. The van der Waals surface area contributed by atoms with E-state index >= 15 is 0 Å². The molecule has 0 spiro atoms. The lowest BCUT2D eigenvalue weighted by molar-refractivity contribution is -0.133. The Bertz CT molecular complexity index is 1700. The summed E-state index contributed by atoms with van der Waals surface area (Å²) in [7, 11) is 0. The van der Waals surface area contributed by atoms with Crippen LogP contribution in [0.4, 0.5) is 20.3 Å². The Morgan fingerprint density at radius 2 is 1.82 bits per heavy atom. The number of benzene rings is 2. The van der Waals surface area contributed by atoms with Gasteiger partial charge in [-0.25, -0.2) is 13.8 Å². The van der Waals surface area contributed by atoms with E-state index in [1.54, 1.807) is 12.1 Å². The predicted molar refractivity (Wildman–Crippen MR) is 154 cm³/mol. The number of alkyl halides is 2. The van der Waals surface area contributed by atoms with Crippen molar-refractivity contribution >= 4 is 40.8 Å². The van der Waals surface area contributed by atoms with Gasteiger partial charge in [-0.05, 0) is 36.4 Å². The first-order valence-corrected chi connectivity index (χ1v) is 14.0. The number of nitrogens with zero attached hydrogens (tertiary/aromatic N) is 5. The quantitative estimate of drug-likeness (QED) is 0.387. The van der Waals surface area contributed by atoms with Crippen molar-refractivity contribution in [1.29, 1.82) is 10.5 Å². The van der Waals surface area contributed by atoms with Gasteiger partial charge in [-0.15, -0.1) is 0 Å². The summed E-state index contributed by atoms with van der Waals surface area (Å²) in [6, 6.07) is 15.8. The average Bonchev–Trinajstić information content (AvgIpc) is 3.27. The summed E-state index contributed by atoms with van der Waals surface area (Å²) in [5.74, 6) is -5.02. The monoisotopic (exact) mass is 618 g/mol. The number of amides is 3. The van der Waals surface area contributed by atoms with Crippen molar-refractivity contribution in [3.63, 3.8) is 0 Å². The number of aromatic nitrogens is 1. The molecule has 2 N–H and O–H groups in total. The van der Waals surface area contributed by atoms with Gasteiger partial charge in [0.2, 0.25) is 11.8 Å². The van der Waals surface area contributed by atoms with Crippen molar-refractivity contribution in [2.45, 2.75) is 55.8 Å². The molecule has 1 saturated heterocycles. The Morgan fingerprint density at radius 1 is 1.11 bits per heavy atom. The summed E-state index contributed by atoms with van der Waals surface area (Å²) in [5.41, 5.74) is 0.745. The van der Waals surface area contributed by atoms with Crippen molar-refractivity contribution in [2.24, 2.45) is 0 Å². The molecule has 224 valence electrons. The molecule has 0 bridgehead atoms. The molecule has 13 heteroatoms. The lowest BCUT2D eigenvalue weighted by atomic mass is 9.87. The fourth-order valence-electron chi connectivity index (χ4n) is 5.50. The smallest absolute Gasteiger partial charge is 0.257 e. The standard InChI is InChI=1S/C31H25ClF2N6O4/c32-24-7-2-1-6-23(24)28(29(43)38-20-14-31(33,34)15-20)40(21-5-3-4-18(10-21)16-35)27(42)13-22-12-25(41)30(44)39(22)26-11-19(17-36)8-9-37-26/h1-11,20,22,25,28,41H,12-15H2,(H,38,43)/t22-,25+,28?/m0/s1. The number of halogens is 3. The zero-order chi connectivity index (χ0) is 31.6. The molecule has 3 atom stereocenters. The molecule has 1 aromatic heterocycles. The number of anilines is 2. The fourth-order valence-corrected chi connectivity index (χ4v) is 5.74. The van der Waals surface area contributed by atoms with Gasteiger partial charge in [-0.1, -0.05) is 35.9 Å². The number of aliphatic hydroxyl groups excluding tert-OH is 1. The molecule has 5 rings (SSSR count). The van der Waals surface area contributed by atoms with E-state index in [2.05, 4.69) is 10.3 Å². The van der Waals surface area contributed by atoms with Crippen LogP contribution in [0, 0.1) is 22.7 Å². The molecular formula is C31H25ClF2N6O4. The van der Waals surface area contributed by atoms with E-state index in [-0.39, 0.29) is 39.6 Å². The number of rotatable bonds is 8. The van der Waals surface area contributed by atoms with Gasteiger partial charge < -0.3 is 10.4 Å². The Labute approximate surface area is 256 Å². The number of carbonyl (C=O) groups excluding carboxylic acids is 3. The summed E-state index contributed by atoms with van der Waals surface area (Å²) in [6.45, 7) is 0. The summed E-state index contributed by atoms with van der Waals surface area (Å²) >= 11 is 6.52. The molecule has 0 radical (unpaired) electrons. The highest BCUT2D eigenvalue weighted by Crippen LogP contribution is 2.39. The van der Waals surface area contributed by atoms with Crippen LogP contribution >= 0.6 is 11.6 Å². The maximum Gasteiger partial charge on any atom is 0.257 e. The third-order valence-electron chi connectivity index (χ3n) is 7.58. The summed E-state index contributed by atoms with van der Waals surface area (Å²) < 4.78 is 27.3. The van der Waals surface area contributed by atoms with Crippen molar-refractivity contribution in [3.8, 4) is 12.1 Å². The lowest BCUT2D eigenvalue weighted by Gasteiger charge is -2.38. The van der Waals surface area contributed by atoms with E-state index in [1.807, 2.05) is 12.1 Å². The molecule has 10 nitrogen and oxygen atoms in total. The van der Waals surface area contributed by atoms with Gasteiger partial charge in [0.25, 0.3) is 11.8 Å². The lowest BCUT2D eigenvalue weighted by Crippen LogP contribution is -2.54. The van der Waals surface area contributed by atoms with E-state index in [9.17, 15) is 38.8 Å². The highest BCUT2D eigenvalue weighted by Gasteiger charge is 2.48. The van der Waals surface area contributed by atoms with Gasteiger partial charge in [0.05, 0.1) is 29.3 Å². The second-order valence-electron chi connectivity index (χ2n) is 10.7. The molecule has 2 aliphatic rings. The first-order chi connectivity index (χ1) is 21.0. The second-order valence-corrected chi connectivity index (χ2v) is 11.1. The zero-order valence-electron chi connectivity index (χ0n) is 23.0. The number of hydrogen-bond acceptors (Lipinski definition) is 7.